The number of ether oxygens (including phenoxy) is 2. The van der Waals surface area contributed by atoms with Gasteiger partial charge in [-0.3, -0.25) is 9.69 Å². The van der Waals surface area contributed by atoms with Crippen LogP contribution in [-0.2, 0) is 9.59 Å². The van der Waals surface area contributed by atoms with Gasteiger partial charge in [-0.2, -0.15) is 0 Å². The summed E-state index contributed by atoms with van der Waals surface area (Å²) in [6.07, 6.45) is 4.58. The van der Waals surface area contributed by atoms with Crippen LogP contribution in [0.15, 0.2) is 23.8 Å². The van der Waals surface area contributed by atoms with E-state index in [9.17, 15) is 14.7 Å². The van der Waals surface area contributed by atoms with Crippen LogP contribution in [0.5, 0.6) is 11.5 Å². The Morgan fingerprint density at radius 2 is 2.07 bits per heavy atom. The van der Waals surface area contributed by atoms with Crippen LogP contribution in [0.1, 0.15) is 31.7 Å². The maximum atomic E-state index is 11.9. The Balaban J connectivity index is 1.39. The van der Waals surface area contributed by atoms with Crippen molar-refractivity contribution in [3.63, 3.8) is 0 Å². The Morgan fingerprint density at radius 1 is 1.31 bits per heavy atom. The van der Waals surface area contributed by atoms with E-state index in [0.29, 0.717) is 19.6 Å². The number of benzene rings is 1. The summed E-state index contributed by atoms with van der Waals surface area (Å²) in [5.41, 5.74) is 2.20. The van der Waals surface area contributed by atoms with Gasteiger partial charge >= 0.3 is 5.97 Å². The van der Waals surface area contributed by atoms with Crippen LogP contribution in [0.2, 0.25) is 0 Å². The second-order valence-corrected chi connectivity index (χ2v) is 8.48. The highest BCUT2D eigenvalue weighted by Crippen LogP contribution is 2.43. The van der Waals surface area contributed by atoms with E-state index in [2.05, 4.69) is 11.0 Å². The molecular formula is C22H28N2O5. The number of hydrogen-bond acceptors (Lipinski definition) is 5. The number of nitrogens with zero attached hydrogens (tertiary/aromatic N) is 2. The molecule has 1 amide bonds. The predicted octanol–water partition coefficient (Wildman–Crippen LogP) is 2.26. The zero-order valence-electron chi connectivity index (χ0n) is 17.0. The molecule has 0 radical (unpaired) electrons. The molecule has 0 saturated carbocycles. The predicted molar refractivity (Wildman–Crippen MR) is 108 cm³/mol. The lowest BCUT2D eigenvalue weighted by Crippen LogP contribution is -2.43. The van der Waals surface area contributed by atoms with Crippen LogP contribution >= 0.6 is 0 Å². The fourth-order valence-electron chi connectivity index (χ4n) is 4.86. The molecule has 0 aliphatic carbocycles. The van der Waals surface area contributed by atoms with Gasteiger partial charge in [0.2, 0.25) is 5.91 Å². The molecule has 7 nitrogen and oxygen atoms in total. The lowest BCUT2D eigenvalue weighted by molar-refractivity contribution is -0.147. The molecule has 1 aromatic rings. The van der Waals surface area contributed by atoms with Gasteiger partial charge in [0, 0.05) is 25.6 Å². The maximum Gasteiger partial charge on any atom is 0.326 e. The van der Waals surface area contributed by atoms with Crippen LogP contribution in [-0.4, -0.2) is 72.7 Å². The Hall–Kier alpha value is -2.54. The minimum atomic E-state index is -0.891. The first-order valence-corrected chi connectivity index (χ1v) is 10.1. The molecule has 29 heavy (non-hydrogen) atoms. The van der Waals surface area contributed by atoms with E-state index in [-0.39, 0.29) is 11.3 Å². The molecule has 1 N–H and O–H groups in total. The second kappa shape index (κ2) is 7.71. The van der Waals surface area contributed by atoms with Gasteiger partial charge in [-0.15, -0.1) is 0 Å². The van der Waals surface area contributed by atoms with Gasteiger partial charge in [0.05, 0.1) is 7.11 Å². The van der Waals surface area contributed by atoms with E-state index in [1.165, 1.54) is 12.5 Å². The van der Waals surface area contributed by atoms with E-state index in [1.54, 1.807) is 12.0 Å². The molecule has 1 aromatic carbocycles. The molecule has 4 rings (SSSR count). The number of carbonyl (C=O) groups excluding carboxylic acids is 1. The monoisotopic (exact) mass is 400 g/mol. The molecule has 2 saturated heterocycles. The highest BCUT2D eigenvalue weighted by Gasteiger charge is 2.49. The fraction of sp³-hybridized carbons (Fsp3) is 0.545. The van der Waals surface area contributed by atoms with E-state index >= 15 is 0 Å². The summed E-state index contributed by atoms with van der Waals surface area (Å²) in [7, 11) is 1.66. The van der Waals surface area contributed by atoms with Crippen LogP contribution < -0.4 is 9.47 Å². The molecule has 3 aliphatic heterocycles. The maximum absolute atomic E-state index is 11.9. The quantitative estimate of drug-likeness (QED) is 0.835. The zero-order chi connectivity index (χ0) is 20.6. The molecule has 0 aromatic heterocycles. The molecular weight excluding hydrogens is 372 g/mol. The van der Waals surface area contributed by atoms with E-state index in [1.807, 2.05) is 18.2 Å². The summed E-state index contributed by atoms with van der Waals surface area (Å²) in [6.45, 7) is 5.26. The summed E-state index contributed by atoms with van der Waals surface area (Å²) in [5, 5.41) is 9.50. The average Bonchev–Trinajstić information content (AvgIpc) is 3.09. The van der Waals surface area contributed by atoms with Crippen molar-refractivity contribution in [2.24, 2.45) is 5.41 Å². The second-order valence-electron chi connectivity index (χ2n) is 8.48. The number of hydrogen-bond donors (Lipinski definition) is 1. The number of aliphatic carboxylic acids is 1. The number of methoxy groups -OCH3 is 1. The summed E-state index contributed by atoms with van der Waals surface area (Å²) in [6, 6.07) is 5.14. The first-order valence-electron chi connectivity index (χ1n) is 10.1. The Bertz CT molecular complexity index is 818. The highest BCUT2D eigenvalue weighted by atomic mass is 16.5. The van der Waals surface area contributed by atoms with Gasteiger partial charge in [-0.1, -0.05) is 0 Å². The Labute approximate surface area is 170 Å². The minimum absolute atomic E-state index is 0.0668. The van der Waals surface area contributed by atoms with Crippen molar-refractivity contribution in [2.75, 3.05) is 39.9 Å². The summed E-state index contributed by atoms with van der Waals surface area (Å²) >= 11 is 0. The van der Waals surface area contributed by atoms with E-state index in [4.69, 9.17) is 9.47 Å². The number of amides is 1. The SMILES string of the molecule is COc1ccc2c(c1)C=C(CN1CCC3(CC1)CC(C(=O)O)N(C(C)=O)C3)CO2. The smallest absolute Gasteiger partial charge is 0.326 e. The van der Waals surface area contributed by atoms with E-state index < -0.39 is 12.0 Å². The molecule has 3 aliphatic rings. The normalized spacial score (nSPS) is 23.3. The first-order chi connectivity index (χ1) is 13.9. The molecule has 7 heteroatoms. The average molecular weight is 400 g/mol. The molecule has 3 heterocycles. The molecule has 2 fully saturated rings. The number of piperidine rings is 1. The molecule has 1 spiro atoms. The van der Waals surface area contributed by atoms with Gasteiger partial charge in [0.25, 0.3) is 0 Å². The lowest BCUT2D eigenvalue weighted by Gasteiger charge is -2.39. The third-order valence-electron chi connectivity index (χ3n) is 6.53. The minimum Gasteiger partial charge on any atom is -0.497 e. The van der Waals surface area contributed by atoms with Crippen molar-refractivity contribution in [3.05, 3.63) is 29.3 Å². The summed E-state index contributed by atoms with van der Waals surface area (Å²) in [5.74, 6) is 0.657. The van der Waals surface area contributed by atoms with Crippen LogP contribution in [0, 0.1) is 5.41 Å². The lowest BCUT2D eigenvalue weighted by atomic mass is 9.76. The van der Waals surface area contributed by atoms with Gasteiger partial charge in [0.1, 0.15) is 24.1 Å². The van der Waals surface area contributed by atoms with E-state index in [0.717, 1.165) is 49.5 Å². The van der Waals surface area contributed by atoms with Crippen molar-refractivity contribution >= 4 is 18.0 Å². The Morgan fingerprint density at radius 3 is 2.69 bits per heavy atom. The van der Waals surface area contributed by atoms with Gasteiger partial charge in [0.15, 0.2) is 0 Å². The molecule has 0 bridgehead atoms. The number of carboxylic acid groups (broad SMARTS) is 1. The third kappa shape index (κ3) is 3.96. The molecule has 156 valence electrons. The number of likely N-dealkylation sites (tertiary alicyclic amines) is 2. The highest BCUT2D eigenvalue weighted by molar-refractivity contribution is 5.83. The number of carboxylic acids is 1. The van der Waals surface area contributed by atoms with Gasteiger partial charge in [-0.25, -0.2) is 4.79 Å². The molecule has 1 unspecified atom stereocenters. The number of rotatable bonds is 4. The van der Waals surface area contributed by atoms with Crippen molar-refractivity contribution in [3.8, 4) is 11.5 Å². The zero-order valence-corrected chi connectivity index (χ0v) is 17.0. The van der Waals surface area contributed by atoms with Crippen LogP contribution in [0.4, 0.5) is 0 Å². The first kappa shape index (κ1) is 19.8. The summed E-state index contributed by atoms with van der Waals surface area (Å²) in [4.78, 5) is 27.4. The summed E-state index contributed by atoms with van der Waals surface area (Å²) < 4.78 is 11.2. The largest absolute Gasteiger partial charge is 0.497 e. The van der Waals surface area contributed by atoms with Crippen molar-refractivity contribution in [1.29, 1.82) is 0 Å². The van der Waals surface area contributed by atoms with Crippen LogP contribution in [0.25, 0.3) is 6.08 Å². The third-order valence-corrected chi connectivity index (χ3v) is 6.53. The van der Waals surface area contributed by atoms with Crippen molar-refractivity contribution in [1.82, 2.24) is 9.80 Å². The van der Waals surface area contributed by atoms with Gasteiger partial charge < -0.3 is 19.5 Å². The fourth-order valence-corrected chi connectivity index (χ4v) is 4.86. The molecule has 1 atom stereocenters. The number of fused-ring (bicyclic) bond motifs is 1. The standard InChI is InChI=1S/C22H28N2O5/c1-15(25)24-14-22(11-19(24)21(26)27)5-7-23(8-6-22)12-16-9-17-10-18(28-2)3-4-20(17)29-13-16/h3-4,9-10,19H,5-8,11-14H2,1-2H3,(H,26,27). The van der Waals surface area contributed by atoms with Crippen molar-refractivity contribution < 1.29 is 24.2 Å². The van der Waals surface area contributed by atoms with Gasteiger partial charge in [-0.05, 0) is 67.6 Å². The topological polar surface area (TPSA) is 79.3 Å². The Kier molecular flexibility index (Phi) is 5.25. The number of carbonyl (C=O) groups is 2. The van der Waals surface area contributed by atoms with Crippen molar-refractivity contribution in [2.45, 2.75) is 32.2 Å². The van der Waals surface area contributed by atoms with Crippen LogP contribution in [0.3, 0.4) is 0 Å².